The van der Waals surface area contributed by atoms with Crippen LogP contribution in [0, 0.1) is 5.41 Å². The van der Waals surface area contributed by atoms with Crippen molar-refractivity contribution in [2.24, 2.45) is 5.41 Å². The first-order chi connectivity index (χ1) is 9.59. The number of nitrogens with one attached hydrogen (secondary N) is 1. The third-order valence-electron chi connectivity index (χ3n) is 4.66. The largest absolute Gasteiger partial charge is 0.342 e. The molecule has 20 heavy (non-hydrogen) atoms. The van der Waals surface area contributed by atoms with Gasteiger partial charge in [0, 0.05) is 30.9 Å². The van der Waals surface area contributed by atoms with Gasteiger partial charge in [-0.15, -0.1) is 11.3 Å². The van der Waals surface area contributed by atoms with Crippen LogP contribution in [0.15, 0.2) is 17.5 Å². The number of amides is 1. The Labute approximate surface area is 126 Å². The first-order valence-electron chi connectivity index (χ1n) is 7.59. The van der Waals surface area contributed by atoms with Gasteiger partial charge in [0.1, 0.15) is 0 Å². The molecule has 1 aliphatic rings. The lowest BCUT2D eigenvalue weighted by molar-refractivity contribution is -0.144. The zero-order valence-corrected chi connectivity index (χ0v) is 13.6. The minimum Gasteiger partial charge on any atom is -0.342 e. The van der Waals surface area contributed by atoms with Crippen molar-refractivity contribution in [3.8, 4) is 0 Å². The fourth-order valence-corrected chi connectivity index (χ4v) is 3.86. The predicted molar refractivity (Wildman–Crippen MR) is 85.1 cm³/mol. The summed E-state index contributed by atoms with van der Waals surface area (Å²) in [5, 5.41) is 5.50. The minimum atomic E-state index is -0.184. The van der Waals surface area contributed by atoms with Crippen molar-refractivity contribution in [1.82, 2.24) is 10.2 Å². The lowest BCUT2D eigenvalue weighted by atomic mass is 9.77. The van der Waals surface area contributed by atoms with Crippen LogP contribution in [0.2, 0.25) is 0 Å². The van der Waals surface area contributed by atoms with E-state index in [0.717, 1.165) is 38.8 Å². The van der Waals surface area contributed by atoms with Gasteiger partial charge in [-0.25, -0.2) is 0 Å². The molecule has 4 heteroatoms. The van der Waals surface area contributed by atoms with Gasteiger partial charge in [0.05, 0.1) is 5.41 Å². The van der Waals surface area contributed by atoms with Crippen LogP contribution >= 0.6 is 11.3 Å². The molecule has 1 aliphatic heterocycles. The Morgan fingerprint density at radius 3 is 2.95 bits per heavy atom. The van der Waals surface area contributed by atoms with Crippen molar-refractivity contribution in [3.05, 3.63) is 22.4 Å². The van der Waals surface area contributed by atoms with Crippen LogP contribution < -0.4 is 5.32 Å². The van der Waals surface area contributed by atoms with E-state index in [1.165, 1.54) is 4.88 Å². The molecule has 0 bridgehead atoms. The molecule has 2 unspecified atom stereocenters. The average molecular weight is 294 g/mol. The Hall–Kier alpha value is -0.870. The van der Waals surface area contributed by atoms with Gasteiger partial charge in [-0.3, -0.25) is 4.79 Å². The van der Waals surface area contributed by atoms with E-state index in [-0.39, 0.29) is 11.5 Å². The molecule has 1 aromatic heterocycles. The zero-order valence-electron chi connectivity index (χ0n) is 12.8. The number of piperidine rings is 1. The summed E-state index contributed by atoms with van der Waals surface area (Å²) < 4.78 is 0. The SMILES string of the molecule is CCC1(C(=O)N(C)C(C)Cc2cccs2)CCCNC1. The summed E-state index contributed by atoms with van der Waals surface area (Å²) in [6.45, 7) is 6.17. The number of likely N-dealkylation sites (N-methyl/N-ethyl adjacent to an activating group) is 1. The van der Waals surface area contributed by atoms with Crippen molar-refractivity contribution >= 4 is 17.2 Å². The molecule has 0 spiro atoms. The Morgan fingerprint density at radius 2 is 2.40 bits per heavy atom. The van der Waals surface area contributed by atoms with Gasteiger partial charge in [0.25, 0.3) is 0 Å². The first-order valence-corrected chi connectivity index (χ1v) is 8.47. The van der Waals surface area contributed by atoms with E-state index in [0.29, 0.717) is 5.91 Å². The van der Waals surface area contributed by atoms with Gasteiger partial charge in [-0.1, -0.05) is 13.0 Å². The number of carbonyl (C=O) groups excluding carboxylic acids is 1. The van der Waals surface area contributed by atoms with Crippen molar-refractivity contribution in [2.45, 2.75) is 45.6 Å². The summed E-state index contributed by atoms with van der Waals surface area (Å²) in [5.41, 5.74) is -0.184. The predicted octanol–water partition coefficient (Wildman–Crippen LogP) is 2.92. The number of thiophene rings is 1. The van der Waals surface area contributed by atoms with E-state index in [9.17, 15) is 4.79 Å². The van der Waals surface area contributed by atoms with Crippen molar-refractivity contribution in [1.29, 1.82) is 0 Å². The molecule has 0 aromatic carbocycles. The van der Waals surface area contributed by atoms with Gasteiger partial charge < -0.3 is 10.2 Å². The Morgan fingerprint density at radius 1 is 1.60 bits per heavy atom. The van der Waals surface area contributed by atoms with E-state index < -0.39 is 0 Å². The smallest absolute Gasteiger partial charge is 0.230 e. The Bertz CT molecular complexity index is 424. The molecule has 1 saturated heterocycles. The highest BCUT2D eigenvalue weighted by molar-refractivity contribution is 7.09. The highest BCUT2D eigenvalue weighted by Gasteiger charge is 2.40. The fourth-order valence-electron chi connectivity index (χ4n) is 3.03. The number of rotatable bonds is 5. The molecule has 0 radical (unpaired) electrons. The quantitative estimate of drug-likeness (QED) is 0.905. The summed E-state index contributed by atoms with van der Waals surface area (Å²) in [7, 11) is 1.96. The molecule has 2 heterocycles. The summed E-state index contributed by atoms with van der Waals surface area (Å²) >= 11 is 1.77. The fraction of sp³-hybridized carbons (Fsp3) is 0.688. The molecule has 1 aromatic rings. The van der Waals surface area contributed by atoms with Crippen LogP contribution in [0.1, 0.15) is 38.0 Å². The van der Waals surface area contributed by atoms with Crippen LogP contribution in [-0.2, 0) is 11.2 Å². The van der Waals surface area contributed by atoms with E-state index in [2.05, 4.69) is 36.7 Å². The van der Waals surface area contributed by atoms with Crippen molar-refractivity contribution < 1.29 is 4.79 Å². The minimum absolute atomic E-state index is 0.184. The Kier molecular flexibility index (Phi) is 5.22. The second-order valence-electron chi connectivity index (χ2n) is 5.96. The number of hydrogen-bond acceptors (Lipinski definition) is 3. The Balaban J connectivity index is 2.02. The lowest BCUT2D eigenvalue weighted by Crippen LogP contribution is -2.52. The van der Waals surface area contributed by atoms with Crippen LogP contribution in [0.25, 0.3) is 0 Å². The zero-order chi connectivity index (χ0) is 14.6. The summed E-state index contributed by atoms with van der Waals surface area (Å²) in [6, 6.07) is 4.48. The third kappa shape index (κ3) is 3.23. The highest BCUT2D eigenvalue weighted by atomic mass is 32.1. The van der Waals surface area contributed by atoms with Gasteiger partial charge >= 0.3 is 0 Å². The number of hydrogen-bond donors (Lipinski definition) is 1. The topological polar surface area (TPSA) is 32.3 Å². The van der Waals surface area contributed by atoms with Crippen LogP contribution in [0.5, 0.6) is 0 Å². The normalized spacial score (nSPS) is 24.4. The maximum absolute atomic E-state index is 12.9. The van der Waals surface area contributed by atoms with Crippen LogP contribution in [0.3, 0.4) is 0 Å². The molecule has 112 valence electrons. The second-order valence-corrected chi connectivity index (χ2v) is 7.00. The molecule has 1 amide bonds. The van der Waals surface area contributed by atoms with Crippen molar-refractivity contribution in [2.75, 3.05) is 20.1 Å². The van der Waals surface area contributed by atoms with E-state index in [1.54, 1.807) is 11.3 Å². The number of nitrogens with zero attached hydrogens (tertiary/aromatic N) is 1. The molecule has 2 atom stereocenters. The van der Waals surface area contributed by atoms with Crippen molar-refractivity contribution in [3.63, 3.8) is 0 Å². The van der Waals surface area contributed by atoms with E-state index >= 15 is 0 Å². The monoisotopic (exact) mass is 294 g/mol. The summed E-state index contributed by atoms with van der Waals surface area (Å²) in [4.78, 5) is 16.2. The average Bonchev–Trinajstić information content (AvgIpc) is 2.99. The molecular formula is C16H26N2OS. The molecule has 0 saturated carbocycles. The van der Waals surface area contributed by atoms with E-state index in [4.69, 9.17) is 0 Å². The van der Waals surface area contributed by atoms with Gasteiger partial charge in [-0.2, -0.15) is 0 Å². The third-order valence-corrected chi connectivity index (χ3v) is 5.56. The standard InChI is InChI=1S/C16H26N2OS/c1-4-16(8-6-9-17-12-16)15(19)18(3)13(2)11-14-7-5-10-20-14/h5,7,10,13,17H,4,6,8-9,11-12H2,1-3H3. The molecule has 1 fully saturated rings. The van der Waals surface area contributed by atoms with Crippen LogP contribution in [-0.4, -0.2) is 37.0 Å². The molecular weight excluding hydrogens is 268 g/mol. The molecule has 3 nitrogen and oxygen atoms in total. The number of carbonyl (C=O) groups is 1. The summed E-state index contributed by atoms with van der Waals surface area (Å²) in [5.74, 6) is 0.316. The second kappa shape index (κ2) is 6.72. The maximum atomic E-state index is 12.9. The molecule has 2 rings (SSSR count). The maximum Gasteiger partial charge on any atom is 0.230 e. The molecule has 1 N–H and O–H groups in total. The van der Waals surface area contributed by atoms with Gasteiger partial charge in [0.15, 0.2) is 0 Å². The summed E-state index contributed by atoms with van der Waals surface area (Å²) in [6.07, 6.45) is 4.00. The first kappa shape index (κ1) is 15.5. The van der Waals surface area contributed by atoms with Gasteiger partial charge in [0.2, 0.25) is 5.91 Å². The van der Waals surface area contributed by atoms with E-state index in [1.807, 2.05) is 11.9 Å². The van der Waals surface area contributed by atoms with Crippen LogP contribution in [0.4, 0.5) is 0 Å². The molecule has 0 aliphatic carbocycles. The van der Waals surface area contributed by atoms with Gasteiger partial charge in [-0.05, 0) is 44.2 Å². The highest BCUT2D eigenvalue weighted by Crippen LogP contribution is 2.32. The lowest BCUT2D eigenvalue weighted by Gasteiger charge is -2.40.